The first-order valence-corrected chi connectivity index (χ1v) is 10.6. The van der Waals surface area contributed by atoms with Gasteiger partial charge in [-0.05, 0) is 40.8 Å². The summed E-state index contributed by atoms with van der Waals surface area (Å²) in [5.41, 5.74) is 3.49. The van der Waals surface area contributed by atoms with Crippen molar-refractivity contribution in [1.29, 1.82) is 0 Å². The third-order valence-corrected chi connectivity index (χ3v) is 5.89. The fraction of sp³-hybridized carbons (Fsp3) is 0.185. The molecule has 1 heterocycles. The predicted octanol–water partition coefficient (Wildman–Crippen LogP) is 4.60. The highest BCUT2D eigenvalue weighted by atomic mass is 16.5. The van der Waals surface area contributed by atoms with Crippen LogP contribution in [0.1, 0.15) is 29.0 Å². The van der Waals surface area contributed by atoms with Crippen LogP contribution in [0, 0.1) is 0 Å². The van der Waals surface area contributed by atoms with Crippen molar-refractivity contribution in [2.45, 2.75) is 18.4 Å². The van der Waals surface area contributed by atoms with Gasteiger partial charge in [0.1, 0.15) is 5.75 Å². The van der Waals surface area contributed by atoms with Gasteiger partial charge in [0.2, 0.25) is 5.91 Å². The number of rotatable bonds is 8. The van der Waals surface area contributed by atoms with Gasteiger partial charge in [-0.15, -0.1) is 0 Å². The average molecular weight is 428 g/mol. The Morgan fingerprint density at radius 1 is 0.938 bits per heavy atom. The highest BCUT2D eigenvalue weighted by Gasteiger charge is 2.38. The van der Waals surface area contributed by atoms with Crippen molar-refractivity contribution in [2.75, 3.05) is 13.7 Å². The van der Waals surface area contributed by atoms with Crippen molar-refractivity contribution in [2.24, 2.45) is 0 Å². The molecule has 32 heavy (non-hydrogen) atoms. The summed E-state index contributed by atoms with van der Waals surface area (Å²) in [7, 11) is 1.57. The van der Waals surface area contributed by atoms with Crippen molar-refractivity contribution in [3.63, 3.8) is 0 Å². The lowest BCUT2D eigenvalue weighted by Gasteiger charge is -2.27. The SMILES string of the molecule is COc1ccc(C2=CC(=O)N(CCC(c3ccccc3)c3ccccc3)C2C(=O)O)cc1. The molecule has 0 aromatic heterocycles. The van der Waals surface area contributed by atoms with Crippen LogP contribution < -0.4 is 4.74 Å². The Morgan fingerprint density at radius 2 is 1.50 bits per heavy atom. The number of amides is 1. The number of methoxy groups -OCH3 is 1. The summed E-state index contributed by atoms with van der Waals surface area (Å²) in [6.07, 6.45) is 2.06. The topological polar surface area (TPSA) is 66.8 Å². The number of hydrogen-bond donors (Lipinski definition) is 1. The molecule has 3 aromatic rings. The van der Waals surface area contributed by atoms with Gasteiger partial charge in [0.25, 0.3) is 0 Å². The zero-order chi connectivity index (χ0) is 22.5. The van der Waals surface area contributed by atoms with Gasteiger partial charge in [-0.25, -0.2) is 4.79 Å². The summed E-state index contributed by atoms with van der Waals surface area (Å²) in [5.74, 6) is -0.572. The van der Waals surface area contributed by atoms with Gasteiger partial charge < -0.3 is 14.7 Å². The first kappa shape index (κ1) is 21.4. The molecule has 5 nitrogen and oxygen atoms in total. The van der Waals surface area contributed by atoms with Gasteiger partial charge in [-0.3, -0.25) is 4.79 Å². The Hall–Kier alpha value is -3.86. The molecule has 1 amide bonds. The van der Waals surface area contributed by atoms with E-state index in [0.717, 1.165) is 11.1 Å². The third-order valence-electron chi connectivity index (χ3n) is 5.89. The van der Waals surface area contributed by atoms with Gasteiger partial charge in [0, 0.05) is 18.5 Å². The number of nitrogens with zero attached hydrogens (tertiary/aromatic N) is 1. The maximum absolute atomic E-state index is 12.8. The molecule has 3 aromatic carbocycles. The maximum atomic E-state index is 12.8. The summed E-state index contributed by atoms with van der Waals surface area (Å²) < 4.78 is 5.18. The van der Waals surface area contributed by atoms with Gasteiger partial charge >= 0.3 is 5.97 Å². The largest absolute Gasteiger partial charge is 0.497 e. The average Bonchev–Trinajstić information content (AvgIpc) is 3.17. The van der Waals surface area contributed by atoms with Crippen LogP contribution >= 0.6 is 0 Å². The highest BCUT2D eigenvalue weighted by Crippen LogP contribution is 2.33. The second-order valence-electron chi connectivity index (χ2n) is 7.76. The van der Waals surface area contributed by atoms with Crippen LogP contribution in [0.25, 0.3) is 5.57 Å². The Bertz CT molecular complexity index is 1070. The van der Waals surface area contributed by atoms with Crippen LogP contribution in [0.5, 0.6) is 5.75 Å². The van der Waals surface area contributed by atoms with Crippen LogP contribution in [0.3, 0.4) is 0 Å². The number of carbonyl (C=O) groups is 2. The molecule has 0 aliphatic carbocycles. The zero-order valence-electron chi connectivity index (χ0n) is 17.8. The molecule has 1 aliphatic rings. The molecule has 0 radical (unpaired) electrons. The predicted molar refractivity (Wildman–Crippen MR) is 123 cm³/mol. The Morgan fingerprint density at radius 3 is 2.00 bits per heavy atom. The minimum atomic E-state index is -1.03. The number of ether oxygens (including phenoxy) is 1. The van der Waals surface area contributed by atoms with Crippen molar-refractivity contribution in [1.82, 2.24) is 4.90 Å². The Kier molecular flexibility index (Phi) is 6.36. The van der Waals surface area contributed by atoms with Gasteiger partial charge in [0.15, 0.2) is 6.04 Å². The minimum Gasteiger partial charge on any atom is -0.497 e. The molecule has 5 heteroatoms. The van der Waals surface area contributed by atoms with Crippen LogP contribution in [0.4, 0.5) is 0 Å². The van der Waals surface area contributed by atoms with E-state index in [0.29, 0.717) is 29.9 Å². The number of carbonyl (C=O) groups excluding carboxylic acids is 1. The van der Waals surface area contributed by atoms with Gasteiger partial charge in [-0.2, -0.15) is 0 Å². The zero-order valence-corrected chi connectivity index (χ0v) is 17.8. The van der Waals surface area contributed by atoms with Crippen molar-refractivity contribution in [3.05, 3.63) is 108 Å². The Labute approximate surface area is 187 Å². The van der Waals surface area contributed by atoms with Crippen LogP contribution in [-0.2, 0) is 9.59 Å². The lowest BCUT2D eigenvalue weighted by Crippen LogP contribution is -2.41. The van der Waals surface area contributed by atoms with E-state index in [1.807, 2.05) is 36.4 Å². The molecule has 0 saturated heterocycles. The third kappa shape index (κ3) is 4.42. The molecule has 0 saturated carbocycles. The number of hydrogen-bond acceptors (Lipinski definition) is 3. The summed E-state index contributed by atoms with van der Waals surface area (Å²) in [6, 6.07) is 26.3. The second-order valence-corrected chi connectivity index (χ2v) is 7.76. The number of aliphatic carboxylic acids is 1. The van der Waals surface area contributed by atoms with E-state index in [1.54, 1.807) is 31.4 Å². The lowest BCUT2D eigenvalue weighted by molar-refractivity contribution is -0.144. The molecule has 4 rings (SSSR count). The monoisotopic (exact) mass is 427 g/mol. The summed E-state index contributed by atoms with van der Waals surface area (Å²) in [5, 5.41) is 9.97. The maximum Gasteiger partial charge on any atom is 0.331 e. The first-order valence-electron chi connectivity index (χ1n) is 10.6. The molecule has 1 atom stereocenters. The standard InChI is InChI=1S/C27H25NO4/c1-32-22-14-12-21(13-15-22)24-18-25(29)28(26(24)27(30)31)17-16-23(19-8-4-2-5-9-19)20-10-6-3-7-11-20/h2-15,18,23,26H,16-17H2,1H3,(H,30,31). The molecule has 1 N–H and O–H groups in total. The fourth-order valence-electron chi connectivity index (χ4n) is 4.28. The second kappa shape index (κ2) is 9.52. The number of carboxylic acid groups (broad SMARTS) is 1. The highest BCUT2D eigenvalue weighted by molar-refractivity contribution is 6.09. The van der Waals surface area contributed by atoms with E-state index in [-0.39, 0.29) is 11.8 Å². The molecule has 0 spiro atoms. The van der Waals surface area contributed by atoms with E-state index in [9.17, 15) is 14.7 Å². The molecule has 1 unspecified atom stereocenters. The van der Waals surface area contributed by atoms with Gasteiger partial charge in [-0.1, -0.05) is 72.8 Å². The summed E-state index contributed by atoms with van der Waals surface area (Å²) in [6.45, 7) is 0.334. The summed E-state index contributed by atoms with van der Waals surface area (Å²) >= 11 is 0. The molecule has 0 bridgehead atoms. The molecular formula is C27H25NO4. The first-order chi connectivity index (χ1) is 15.6. The van der Waals surface area contributed by atoms with E-state index in [4.69, 9.17) is 4.74 Å². The van der Waals surface area contributed by atoms with E-state index < -0.39 is 12.0 Å². The molecule has 162 valence electrons. The van der Waals surface area contributed by atoms with Crippen LogP contribution in [0.2, 0.25) is 0 Å². The number of benzene rings is 3. The number of carboxylic acids is 1. The molecular weight excluding hydrogens is 402 g/mol. The van der Waals surface area contributed by atoms with Crippen molar-refractivity contribution < 1.29 is 19.4 Å². The van der Waals surface area contributed by atoms with Crippen LogP contribution in [0.15, 0.2) is 91.0 Å². The van der Waals surface area contributed by atoms with E-state index >= 15 is 0 Å². The normalized spacial score (nSPS) is 15.7. The lowest BCUT2D eigenvalue weighted by atomic mass is 9.88. The van der Waals surface area contributed by atoms with Gasteiger partial charge in [0.05, 0.1) is 7.11 Å². The van der Waals surface area contributed by atoms with Crippen molar-refractivity contribution in [3.8, 4) is 5.75 Å². The van der Waals surface area contributed by atoms with E-state index in [1.165, 1.54) is 11.0 Å². The fourth-order valence-corrected chi connectivity index (χ4v) is 4.28. The van der Waals surface area contributed by atoms with Crippen molar-refractivity contribution >= 4 is 17.4 Å². The Balaban J connectivity index is 1.58. The summed E-state index contributed by atoms with van der Waals surface area (Å²) in [4.78, 5) is 26.5. The van der Waals surface area contributed by atoms with E-state index in [2.05, 4.69) is 24.3 Å². The van der Waals surface area contributed by atoms with Crippen LogP contribution in [-0.4, -0.2) is 41.6 Å². The minimum absolute atomic E-state index is 0.0599. The molecule has 1 aliphatic heterocycles. The quantitative estimate of drug-likeness (QED) is 0.571. The molecule has 0 fully saturated rings. The smallest absolute Gasteiger partial charge is 0.331 e.